The predicted octanol–water partition coefficient (Wildman–Crippen LogP) is 3.15. The molecule has 2 aromatic carbocycles. The van der Waals surface area contributed by atoms with Crippen LogP contribution >= 0.6 is 0 Å². The molecule has 0 saturated carbocycles. The van der Waals surface area contributed by atoms with Crippen LogP contribution in [0.2, 0.25) is 0 Å². The minimum absolute atomic E-state index is 0.189. The number of furan rings is 1. The van der Waals surface area contributed by atoms with Crippen LogP contribution in [-0.4, -0.2) is 44.0 Å². The molecule has 0 saturated heterocycles. The van der Waals surface area contributed by atoms with E-state index in [1.165, 1.54) is 25.3 Å². The highest BCUT2D eigenvalue weighted by molar-refractivity contribution is 6.39. The van der Waals surface area contributed by atoms with Crippen molar-refractivity contribution in [2.45, 2.75) is 19.0 Å². The number of benzene rings is 2. The number of anilines is 1. The van der Waals surface area contributed by atoms with Gasteiger partial charge in [0.05, 0.1) is 26.5 Å². The van der Waals surface area contributed by atoms with Gasteiger partial charge in [-0.2, -0.15) is 0 Å². The maximum Gasteiger partial charge on any atom is 0.313 e. The van der Waals surface area contributed by atoms with Crippen LogP contribution in [0.15, 0.2) is 65.3 Å². The Hall–Kier alpha value is -3.78. The number of ether oxygens (including phenoxy) is 2. The Morgan fingerprint density at radius 3 is 2.52 bits per heavy atom. The van der Waals surface area contributed by atoms with Crippen LogP contribution in [0.4, 0.5) is 5.69 Å². The molecule has 3 aromatic rings. The van der Waals surface area contributed by atoms with E-state index in [2.05, 4.69) is 33.7 Å². The molecule has 8 nitrogen and oxygen atoms in total. The topological polar surface area (TPSA) is 93.0 Å². The predicted molar refractivity (Wildman–Crippen MR) is 123 cm³/mol. The molecule has 172 valence electrons. The summed E-state index contributed by atoms with van der Waals surface area (Å²) in [6.45, 7) is 1.82. The first kappa shape index (κ1) is 22.4. The average Bonchev–Trinajstić information content (AvgIpc) is 3.38. The van der Waals surface area contributed by atoms with Crippen molar-refractivity contribution < 1.29 is 23.5 Å². The summed E-state index contributed by atoms with van der Waals surface area (Å²) in [5.41, 5.74) is 3.03. The normalized spacial score (nSPS) is 14.1. The Bertz CT molecular complexity index is 1110. The fraction of sp³-hybridized carbons (Fsp3) is 0.280. The van der Waals surface area contributed by atoms with Crippen molar-refractivity contribution in [2.75, 3.05) is 32.6 Å². The van der Waals surface area contributed by atoms with Gasteiger partial charge in [-0.3, -0.25) is 14.5 Å². The van der Waals surface area contributed by atoms with E-state index in [4.69, 9.17) is 13.9 Å². The van der Waals surface area contributed by atoms with Crippen molar-refractivity contribution in [3.63, 3.8) is 0 Å². The maximum atomic E-state index is 12.6. The standard InChI is InChI=1S/C25H27N3O5/c1-31-22-10-9-19(14-23(22)32-2)27-25(30)24(29)26-15-20(21-8-5-13-33-21)28-12-11-17-6-3-4-7-18(17)16-28/h3-10,13-14,20H,11-12,15-16H2,1-2H3,(H,26,29)(H,27,30)/t20-/m1/s1. The second-order valence-electron chi connectivity index (χ2n) is 7.75. The lowest BCUT2D eigenvalue weighted by Crippen LogP contribution is -2.43. The second-order valence-corrected chi connectivity index (χ2v) is 7.75. The van der Waals surface area contributed by atoms with Gasteiger partial charge in [0.15, 0.2) is 11.5 Å². The molecule has 0 bridgehead atoms. The molecule has 1 aromatic heterocycles. The first-order valence-corrected chi connectivity index (χ1v) is 10.7. The molecule has 8 heteroatoms. The highest BCUT2D eigenvalue weighted by Crippen LogP contribution is 2.30. The lowest BCUT2D eigenvalue weighted by Gasteiger charge is -2.34. The minimum Gasteiger partial charge on any atom is -0.493 e. The van der Waals surface area contributed by atoms with Crippen molar-refractivity contribution in [1.29, 1.82) is 0 Å². The van der Waals surface area contributed by atoms with Crippen LogP contribution in [0.5, 0.6) is 11.5 Å². The van der Waals surface area contributed by atoms with E-state index in [-0.39, 0.29) is 12.6 Å². The molecule has 33 heavy (non-hydrogen) atoms. The summed E-state index contributed by atoms with van der Waals surface area (Å²) in [6, 6.07) is 16.8. The van der Waals surface area contributed by atoms with Gasteiger partial charge in [0.2, 0.25) is 0 Å². The van der Waals surface area contributed by atoms with E-state index in [1.54, 1.807) is 24.5 Å². The van der Waals surface area contributed by atoms with Gasteiger partial charge < -0.3 is 24.5 Å². The molecule has 1 aliphatic heterocycles. The summed E-state index contributed by atoms with van der Waals surface area (Å²) in [5, 5.41) is 5.35. The molecule has 0 unspecified atom stereocenters. The monoisotopic (exact) mass is 449 g/mol. The minimum atomic E-state index is -0.760. The second kappa shape index (κ2) is 10.2. The van der Waals surface area contributed by atoms with Crippen LogP contribution in [-0.2, 0) is 22.6 Å². The molecule has 0 radical (unpaired) electrons. The van der Waals surface area contributed by atoms with Crippen molar-refractivity contribution in [3.8, 4) is 11.5 Å². The number of methoxy groups -OCH3 is 2. The van der Waals surface area contributed by atoms with Gasteiger partial charge in [-0.15, -0.1) is 0 Å². The number of amides is 2. The first-order chi connectivity index (χ1) is 16.1. The van der Waals surface area contributed by atoms with Gasteiger partial charge in [-0.05, 0) is 41.8 Å². The molecule has 0 spiro atoms. The summed E-state index contributed by atoms with van der Waals surface area (Å²) >= 11 is 0. The van der Waals surface area contributed by atoms with E-state index < -0.39 is 11.8 Å². The number of hydrogen-bond acceptors (Lipinski definition) is 6. The molecule has 1 atom stereocenters. The summed E-state index contributed by atoms with van der Waals surface area (Å²) in [7, 11) is 3.03. The molecule has 2 amide bonds. The Kier molecular flexibility index (Phi) is 6.95. The largest absolute Gasteiger partial charge is 0.493 e. The number of nitrogens with one attached hydrogen (secondary N) is 2. The zero-order chi connectivity index (χ0) is 23.2. The SMILES string of the molecule is COc1ccc(NC(=O)C(=O)NC[C@H](c2ccco2)N2CCc3ccccc3C2)cc1OC. The Morgan fingerprint density at radius 2 is 1.79 bits per heavy atom. The highest BCUT2D eigenvalue weighted by Gasteiger charge is 2.28. The fourth-order valence-corrected chi connectivity index (χ4v) is 4.05. The molecule has 0 aliphatic carbocycles. The Morgan fingerprint density at radius 1 is 1.00 bits per heavy atom. The third kappa shape index (κ3) is 5.18. The number of carbonyl (C=O) groups is 2. The van der Waals surface area contributed by atoms with Gasteiger partial charge in [0, 0.05) is 31.4 Å². The molecule has 1 aliphatic rings. The van der Waals surface area contributed by atoms with E-state index in [9.17, 15) is 9.59 Å². The summed E-state index contributed by atoms with van der Waals surface area (Å²) in [6.07, 6.45) is 2.53. The third-order valence-electron chi connectivity index (χ3n) is 5.78. The van der Waals surface area contributed by atoms with Crippen LogP contribution in [0.3, 0.4) is 0 Å². The molecular weight excluding hydrogens is 422 g/mol. The van der Waals surface area contributed by atoms with Crippen LogP contribution < -0.4 is 20.1 Å². The van der Waals surface area contributed by atoms with Gasteiger partial charge in [-0.25, -0.2) is 0 Å². The molecule has 2 N–H and O–H groups in total. The molecular formula is C25H27N3O5. The van der Waals surface area contributed by atoms with Crippen LogP contribution in [0.1, 0.15) is 22.9 Å². The summed E-state index contributed by atoms with van der Waals surface area (Å²) < 4.78 is 16.1. The number of fused-ring (bicyclic) bond motifs is 1. The zero-order valence-corrected chi connectivity index (χ0v) is 18.7. The van der Waals surface area contributed by atoms with Gasteiger partial charge in [0.1, 0.15) is 5.76 Å². The first-order valence-electron chi connectivity index (χ1n) is 10.7. The molecule has 2 heterocycles. The van der Waals surface area contributed by atoms with E-state index >= 15 is 0 Å². The summed E-state index contributed by atoms with van der Waals surface area (Å²) in [5.74, 6) is 0.251. The van der Waals surface area contributed by atoms with Crippen molar-refractivity contribution in [1.82, 2.24) is 10.2 Å². The smallest absolute Gasteiger partial charge is 0.313 e. The van der Waals surface area contributed by atoms with E-state index in [0.29, 0.717) is 17.2 Å². The van der Waals surface area contributed by atoms with Crippen LogP contribution in [0, 0.1) is 0 Å². The van der Waals surface area contributed by atoms with Gasteiger partial charge >= 0.3 is 11.8 Å². The highest BCUT2D eigenvalue weighted by atomic mass is 16.5. The third-order valence-corrected chi connectivity index (χ3v) is 5.78. The van der Waals surface area contributed by atoms with Crippen molar-refractivity contribution >= 4 is 17.5 Å². The van der Waals surface area contributed by atoms with Gasteiger partial charge in [-0.1, -0.05) is 24.3 Å². The lowest BCUT2D eigenvalue weighted by molar-refractivity contribution is -0.136. The molecule has 4 rings (SSSR count). The summed E-state index contributed by atoms with van der Waals surface area (Å²) in [4.78, 5) is 27.3. The zero-order valence-electron chi connectivity index (χ0n) is 18.7. The fourth-order valence-electron chi connectivity index (χ4n) is 4.05. The average molecular weight is 450 g/mol. The Labute approximate surface area is 192 Å². The Balaban J connectivity index is 1.41. The quantitative estimate of drug-likeness (QED) is 0.539. The van der Waals surface area contributed by atoms with Crippen LogP contribution in [0.25, 0.3) is 0 Å². The number of carbonyl (C=O) groups excluding carboxylic acids is 2. The van der Waals surface area contributed by atoms with E-state index in [1.807, 2.05) is 18.2 Å². The molecule has 0 fully saturated rings. The number of rotatable bonds is 7. The van der Waals surface area contributed by atoms with Crippen molar-refractivity contribution in [3.05, 3.63) is 77.7 Å². The van der Waals surface area contributed by atoms with Gasteiger partial charge in [0.25, 0.3) is 0 Å². The van der Waals surface area contributed by atoms with E-state index in [0.717, 1.165) is 25.3 Å². The lowest BCUT2D eigenvalue weighted by atomic mass is 9.98. The number of hydrogen-bond donors (Lipinski definition) is 2. The number of nitrogens with zero attached hydrogens (tertiary/aromatic N) is 1. The maximum absolute atomic E-state index is 12.6. The van der Waals surface area contributed by atoms with Crippen molar-refractivity contribution in [2.24, 2.45) is 0 Å².